The van der Waals surface area contributed by atoms with Gasteiger partial charge in [-0.3, -0.25) is 4.79 Å². The normalized spacial score (nSPS) is 17.3. The third-order valence-corrected chi connectivity index (χ3v) is 5.16. The Bertz CT molecular complexity index is 969. The molecule has 0 saturated carbocycles. The van der Waals surface area contributed by atoms with Gasteiger partial charge >= 0.3 is 0 Å². The van der Waals surface area contributed by atoms with E-state index in [0.717, 1.165) is 34.1 Å². The molecule has 1 amide bonds. The minimum atomic E-state index is 0.0585. The van der Waals surface area contributed by atoms with Crippen molar-refractivity contribution in [2.24, 2.45) is 0 Å². The van der Waals surface area contributed by atoms with Crippen LogP contribution in [-0.2, 0) is 4.74 Å². The quantitative estimate of drug-likeness (QED) is 0.711. The first-order valence-corrected chi connectivity index (χ1v) is 9.40. The average molecular weight is 361 g/mol. The van der Waals surface area contributed by atoms with Crippen molar-refractivity contribution in [3.63, 3.8) is 0 Å². The summed E-state index contributed by atoms with van der Waals surface area (Å²) in [5.74, 6) is 0.0585. The van der Waals surface area contributed by atoms with Crippen LogP contribution in [0.5, 0.6) is 0 Å². The highest BCUT2D eigenvalue weighted by atomic mass is 16.5. The fourth-order valence-corrected chi connectivity index (χ4v) is 3.56. The number of amides is 1. The van der Waals surface area contributed by atoms with E-state index < -0.39 is 0 Å². The van der Waals surface area contributed by atoms with Gasteiger partial charge in [0.2, 0.25) is 0 Å². The maximum absolute atomic E-state index is 12.8. The Labute approximate surface area is 159 Å². The summed E-state index contributed by atoms with van der Waals surface area (Å²) in [5, 5.41) is 10.9. The number of hydrogen-bond acceptors (Lipinski definition) is 4. The molecule has 2 aromatic carbocycles. The highest BCUT2D eigenvalue weighted by Gasteiger charge is 2.24. The molecule has 138 valence electrons. The molecule has 1 aromatic heterocycles. The van der Waals surface area contributed by atoms with Gasteiger partial charge in [-0.25, -0.2) is 0 Å². The highest BCUT2D eigenvalue weighted by Crippen LogP contribution is 2.27. The van der Waals surface area contributed by atoms with Crippen LogP contribution in [0.25, 0.3) is 22.0 Å². The lowest BCUT2D eigenvalue weighted by molar-refractivity contribution is -0.0226. The molecule has 1 aliphatic heterocycles. The Morgan fingerprint density at radius 2 is 1.85 bits per heavy atom. The molecule has 5 nitrogen and oxygen atoms in total. The first kappa shape index (κ1) is 17.6. The molecule has 2 heterocycles. The van der Waals surface area contributed by atoms with Crippen LogP contribution in [-0.4, -0.2) is 46.8 Å². The topological polar surface area (TPSA) is 55.3 Å². The molecule has 1 fully saturated rings. The minimum absolute atomic E-state index is 0.0585. The van der Waals surface area contributed by atoms with Crippen molar-refractivity contribution in [3.05, 3.63) is 59.8 Å². The summed E-state index contributed by atoms with van der Waals surface area (Å²) in [6.07, 6.45) is 1.05. The maximum Gasteiger partial charge on any atom is 0.254 e. The van der Waals surface area contributed by atoms with E-state index in [1.54, 1.807) is 0 Å². The zero-order chi connectivity index (χ0) is 18.8. The van der Waals surface area contributed by atoms with Gasteiger partial charge in [-0.2, -0.15) is 5.10 Å². The van der Waals surface area contributed by atoms with Crippen LogP contribution < -0.4 is 0 Å². The summed E-state index contributed by atoms with van der Waals surface area (Å²) < 4.78 is 5.66. The number of aromatic nitrogens is 2. The second kappa shape index (κ2) is 7.45. The van der Waals surface area contributed by atoms with Gasteiger partial charge in [-0.1, -0.05) is 43.3 Å². The highest BCUT2D eigenvalue weighted by molar-refractivity contribution is 5.97. The zero-order valence-corrected chi connectivity index (χ0v) is 15.7. The minimum Gasteiger partial charge on any atom is -0.375 e. The third-order valence-electron chi connectivity index (χ3n) is 5.16. The van der Waals surface area contributed by atoms with Crippen molar-refractivity contribution < 1.29 is 9.53 Å². The van der Waals surface area contributed by atoms with Gasteiger partial charge in [0.1, 0.15) is 5.69 Å². The van der Waals surface area contributed by atoms with E-state index in [1.165, 1.54) is 0 Å². The van der Waals surface area contributed by atoms with Crippen LogP contribution in [0.2, 0.25) is 0 Å². The van der Waals surface area contributed by atoms with Crippen molar-refractivity contribution in [2.45, 2.75) is 26.4 Å². The Morgan fingerprint density at radius 1 is 1.11 bits per heavy atom. The number of nitrogens with zero attached hydrogens (tertiary/aromatic N) is 3. The van der Waals surface area contributed by atoms with Crippen LogP contribution in [0.15, 0.2) is 48.5 Å². The molecule has 0 unspecified atom stereocenters. The number of morpholine rings is 1. The lowest BCUT2D eigenvalue weighted by Gasteiger charge is -2.32. The second-order valence-corrected chi connectivity index (χ2v) is 6.91. The van der Waals surface area contributed by atoms with Gasteiger partial charge < -0.3 is 9.64 Å². The fourth-order valence-electron chi connectivity index (χ4n) is 3.56. The maximum atomic E-state index is 12.8. The molecular formula is C22H23N3O2. The number of carbonyl (C=O) groups excluding carboxylic acids is 1. The SMILES string of the molecule is CC[C@H]1CN(C(=O)c2ccc(-c3nnc(C)c4ccccc34)cc2)CCO1. The van der Waals surface area contributed by atoms with E-state index in [4.69, 9.17) is 4.74 Å². The molecule has 0 aliphatic carbocycles. The van der Waals surface area contributed by atoms with Crippen LogP contribution in [0.4, 0.5) is 0 Å². The van der Waals surface area contributed by atoms with E-state index in [0.29, 0.717) is 25.3 Å². The van der Waals surface area contributed by atoms with Gasteiger partial charge in [0.05, 0.1) is 18.4 Å². The van der Waals surface area contributed by atoms with E-state index >= 15 is 0 Å². The Kier molecular flexibility index (Phi) is 4.86. The summed E-state index contributed by atoms with van der Waals surface area (Å²) in [7, 11) is 0. The number of ether oxygens (including phenoxy) is 1. The first-order chi connectivity index (χ1) is 13.2. The molecule has 27 heavy (non-hydrogen) atoms. The third kappa shape index (κ3) is 3.43. The van der Waals surface area contributed by atoms with E-state index in [-0.39, 0.29) is 12.0 Å². The molecular weight excluding hydrogens is 338 g/mol. The summed E-state index contributed by atoms with van der Waals surface area (Å²) in [6.45, 7) is 5.96. The molecule has 1 atom stereocenters. The molecule has 4 rings (SSSR count). The number of aryl methyl sites for hydroxylation is 1. The standard InChI is InChI=1S/C22H23N3O2/c1-3-18-14-25(12-13-27-18)22(26)17-10-8-16(9-11-17)21-20-7-5-4-6-19(20)15(2)23-24-21/h4-11,18H,3,12-14H2,1-2H3/t18-/m0/s1. The lowest BCUT2D eigenvalue weighted by atomic mass is 10.0. The van der Waals surface area contributed by atoms with Crippen molar-refractivity contribution in [2.75, 3.05) is 19.7 Å². The van der Waals surface area contributed by atoms with Gasteiger partial charge in [-0.15, -0.1) is 5.10 Å². The largest absolute Gasteiger partial charge is 0.375 e. The van der Waals surface area contributed by atoms with E-state index in [1.807, 2.05) is 48.2 Å². The lowest BCUT2D eigenvalue weighted by Crippen LogP contribution is -2.45. The van der Waals surface area contributed by atoms with Crippen LogP contribution >= 0.6 is 0 Å². The summed E-state index contributed by atoms with van der Waals surface area (Å²) in [5.41, 5.74) is 3.41. The monoisotopic (exact) mass is 361 g/mol. The summed E-state index contributed by atoms with van der Waals surface area (Å²) in [4.78, 5) is 14.7. The van der Waals surface area contributed by atoms with E-state index in [2.05, 4.69) is 29.3 Å². The molecule has 0 bridgehead atoms. The number of rotatable bonds is 3. The van der Waals surface area contributed by atoms with Crippen molar-refractivity contribution in [3.8, 4) is 11.3 Å². The van der Waals surface area contributed by atoms with Crippen LogP contribution in [0.1, 0.15) is 29.4 Å². The molecule has 5 heteroatoms. The molecule has 0 radical (unpaired) electrons. The molecule has 0 N–H and O–H groups in total. The second-order valence-electron chi connectivity index (χ2n) is 6.91. The fraction of sp³-hybridized carbons (Fsp3) is 0.318. The molecule has 0 spiro atoms. The Hall–Kier alpha value is -2.79. The smallest absolute Gasteiger partial charge is 0.254 e. The van der Waals surface area contributed by atoms with Crippen molar-refractivity contribution in [1.29, 1.82) is 0 Å². The summed E-state index contributed by atoms with van der Waals surface area (Å²) in [6, 6.07) is 15.8. The first-order valence-electron chi connectivity index (χ1n) is 9.40. The van der Waals surface area contributed by atoms with Gasteiger partial charge in [-0.05, 0) is 25.5 Å². The van der Waals surface area contributed by atoms with Crippen LogP contribution in [0, 0.1) is 6.92 Å². The predicted molar refractivity (Wildman–Crippen MR) is 106 cm³/mol. The number of carbonyl (C=O) groups is 1. The average Bonchev–Trinajstić information content (AvgIpc) is 2.74. The number of fused-ring (bicyclic) bond motifs is 1. The van der Waals surface area contributed by atoms with Crippen molar-refractivity contribution >= 4 is 16.7 Å². The van der Waals surface area contributed by atoms with E-state index in [9.17, 15) is 4.79 Å². The van der Waals surface area contributed by atoms with Gasteiger partial charge in [0, 0.05) is 35.0 Å². The Balaban J connectivity index is 1.61. The zero-order valence-electron chi connectivity index (χ0n) is 15.7. The molecule has 3 aromatic rings. The Morgan fingerprint density at radius 3 is 2.59 bits per heavy atom. The van der Waals surface area contributed by atoms with Crippen LogP contribution in [0.3, 0.4) is 0 Å². The number of benzene rings is 2. The predicted octanol–water partition coefficient (Wildman–Crippen LogP) is 3.86. The summed E-state index contributed by atoms with van der Waals surface area (Å²) >= 11 is 0. The van der Waals surface area contributed by atoms with Gasteiger partial charge in [0.25, 0.3) is 5.91 Å². The van der Waals surface area contributed by atoms with Gasteiger partial charge in [0.15, 0.2) is 0 Å². The van der Waals surface area contributed by atoms with Crippen molar-refractivity contribution in [1.82, 2.24) is 15.1 Å². The molecule has 1 aliphatic rings. The number of hydrogen-bond donors (Lipinski definition) is 0. The molecule has 1 saturated heterocycles.